The highest BCUT2D eigenvalue weighted by molar-refractivity contribution is 14.1. The van der Waals surface area contributed by atoms with Crippen molar-refractivity contribution in [3.63, 3.8) is 0 Å². The fourth-order valence-electron chi connectivity index (χ4n) is 3.33. The summed E-state index contributed by atoms with van der Waals surface area (Å²) < 4.78 is 72.6. The molecule has 0 spiro atoms. The summed E-state index contributed by atoms with van der Waals surface area (Å²) >= 11 is 1.80. The number of anilines is 1. The molecule has 0 atom stereocenters. The van der Waals surface area contributed by atoms with Crippen LogP contribution in [0.2, 0.25) is 0 Å². The second-order valence-electron chi connectivity index (χ2n) is 6.70. The molecular formula is C18H14F3IN4O3S. The van der Waals surface area contributed by atoms with Crippen LogP contribution in [0, 0.1) is 17.5 Å². The lowest BCUT2D eigenvalue weighted by molar-refractivity contribution is 0.103. The number of fused-ring (bicyclic) bond motifs is 1. The lowest BCUT2D eigenvalue weighted by atomic mass is 10.0. The number of hydrogen-bond donors (Lipinski definition) is 1. The van der Waals surface area contributed by atoms with E-state index in [0.29, 0.717) is 12.8 Å². The van der Waals surface area contributed by atoms with E-state index in [1.165, 1.54) is 8.98 Å². The quantitative estimate of drug-likeness (QED) is 0.389. The Morgan fingerprint density at radius 3 is 2.57 bits per heavy atom. The van der Waals surface area contributed by atoms with E-state index in [1.807, 2.05) is 0 Å². The van der Waals surface area contributed by atoms with Gasteiger partial charge in [0.1, 0.15) is 17.3 Å². The highest BCUT2D eigenvalue weighted by Crippen LogP contribution is 2.30. The van der Waals surface area contributed by atoms with Crippen LogP contribution >= 0.6 is 22.9 Å². The first-order valence-corrected chi connectivity index (χ1v) is 11.2. The van der Waals surface area contributed by atoms with Gasteiger partial charge in [-0.25, -0.2) is 18.2 Å². The van der Waals surface area contributed by atoms with E-state index in [-0.39, 0.29) is 29.7 Å². The maximum absolute atomic E-state index is 15.1. The first kappa shape index (κ1) is 21.1. The lowest BCUT2D eigenvalue weighted by Crippen LogP contribution is -2.33. The van der Waals surface area contributed by atoms with Crippen molar-refractivity contribution >= 4 is 55.6 Å². The molecule has 1 fully saturated rings. The number of pyridine rings is 1. The van der Waals surface area contributed by atoms with Crippen LogP contribution in [0.15, 0.2) is 30.6 Å². The summed E-state index contributed by atoms with van der Waals surface area (Å²) in [4.78, 5) is 16.8. The monoisotopic (exact) mass is 550 g/mol. The molecule has 0 radical (unpaired) electrons. The molecule has 1 saturated heterocycles. The van der Waals surface area contributed by atoms with E-state index in [0.717, 1.165) is 28.7 Å². The molecule has 1 aromatic carbocycles. The van der Waals surface area contributed by atoms with Gasteiger partial charge < -0.3 is 0 Å². The molecule has 158 valence electrons. The lowest BCUT2D eigenvalue weighted by Gasteiger charge is -2.18. The zero-order valence-corrected chi connectivity index (χ0v) is 18.2. The van der Waals surface area contributed by atoms with Crippen LogP contribution in [0.25, 0.3) is 11.0 Å². The molecule has 4 rings (SSSR count). The maximum Gasteiger partial charge on any atom is 0.301 e. The topological polar surface area (TPSA) is 84.3 Å². The van der Waals surface area contributed by atoms with Crippen molar-refractivity contribution in [1.29, 1.82) is 0 Å². The Bertz CT molecular complexity index is 1270. The third kappa shape index (κ3) is 3.67. The summed E-state index contributed by atoms with van der Waals surface area (Å²) in [5, 5.41) is 0.0799. The number of halogens is 4. The zero-order chi connectivity index (χ0) is 21.6. The van der Waals surface area contributed by atoms with E-state index in [2.05, 4.69) is 9.71 Å². The van der Waals surface area contributed by atoms with E-state index in [4.69, 9.17) is 0 Å². The van der Waals surface area contributed by atoms with Crippen LogP contribution in [0.4, 0.5) is 18.9 Å². The minimum Gasteiger partial charge on any atom is -0.288 e. The predicted octanol–water partition coefficient (Wildman–Crippen LogP) is 3.64. The van der Waals surface area contributed by atoms with Crippen LogP contribution in [0.1, 0.15) is 28.8 Å². The van der Waals surface area contributed by atoms with E-state index in [9.17, 15) is 22.0 Å². The molecule has 12 heteroatoms. The highest BCUT2D eigenvalue weighted by Gasteiger charge is 2.29. The molecular weight excluding hydrogens is 536 g/mol. The number of nitrogens with one attached hydrogen (secondary N) is 1. The summed E-state index contributed by atoms with van der Waals surface area (Å²) in [6, 6.07) is 2.76. The fourth-order valence-corrected chi connectivity index (χ4v) is 5.30. The van der Waals surface area contributed by atoms with Crippen LogP contribution in [-0.4, -0.2) is 39.4 Å². The van der Waals surface area contributed by atoms with E-state index < -0.39 is 44.7 Å². The van der Waals surface area contributed by atoms with Crippen molar-refractivity contribution in [3.8, 4) is 0 Å². The standard InChI is InChI=1S/C18H14F3IN4O3S/c19-10-7-11-12(9-26(22)18(11)23-8-10)17(27)15-13(20)3-4-14(16(15)21)24-30(28,29)25-5-1-2-6-25/h3-4,7-9,24H,1-2,5-6H2. The fraction of sp³-hybridized carbons (Fsp3) is 0.222. The minimum absolute atomic E-state index is 0.0799. The normalized spacial score (nSPS) is 15.1. The third-order valence-electron chi connectivity index (χ3n) is 4.77. The van der Waals surface area contributed by atoms with Gasteiger partial charge in [-0.3, -0.25) is 12.3 Å². The Morgan fingerprint density at radius 1 is 1.17 bits per heavy atom. The average molecular weight is 550 g/mol. The maximum atomic E-state index is 15.1. The van der Waals surface area contributed by atoms with Crippen molar-refractivity contribution in [2.75, 3.05) is 17.8 Å². The molecule has 2 aromatic heterocycles. The number of hydrogen-bond acceptors (Lipinski definition) is 4. The van der Waals surface area contributed by atoms with Crippen LogP contribution in [-0.2, 0) is 10.2 Å². The first-order chi connectivity index (χ1) is 14.2. The predicted molar refractivity (Wildman–Crippen MR) is 112 cm³/mol. The van der Waals surface area contributed by atoms with Crippen LogP contribution in [0.3, 0.4) is 0 Å². The number of nitrogens with zero attached hydrogens (tertiary/aromatic N) is 3. The summed E-state index contributed by atoms with van der Waals surface area (Å²) in [5.41, 5.74) is -1.41. The van der Waals surface area contributed by atoms with Crippen LogP contribution < -0.4 is 4.72 Å². The number of carbonyl (C=O) groups excluding carboxylic acids is 1. The van der Waals surface area contributed by atoms with E-state index in [1.54, 1.807) is 22.9 Å². The Morgan fingerprint density at radius 2 is 1.87 bits per heavy atom. The average Bonchev–Trinajstić information content (AvgIpc) is 3.33. The smallest absolute Gasteiger partial charge is 0.288 e. The van der Waals surface area contributed by atoms with Gasteiger partial charge in [-0.2, -0.15) is 12.7 Å². The van der Waals surface area contributed by atoms with Crippen molar-refractivity contribution in [2.24, 2.45) is 0 Å². The Kier molecular flexibility index (Phi) is 5.48. The molecule has 3 heterocycles. The SMILES string of the molecule is O=C(c1c(F)ccc(NS(=O)(=O)N2CCCC2)c1F)c1cn(I)c2ncc(F)cc12. The van der Waals surface area contributed by atoms with Gasteiger partial charge in [-0.15, -0.1) is 0 Å². The second-order valence-corrected chi connectivity index (χ2v) is 9.42. The van der Waals surface area contributed by atoms with Crippen molar-refractivity contribution in [1.82, 2.24) is 12.1 Å². The van der Waals surface area contributed by atoms with Gasteiger partial charge in [-0.1, -0.05) is 0 Å². The van der Waals surface area contributed by atoms with Gasteiger partial charge >= 0.3 is 10.2 Å². The summed E-state index contributed by atoms with van der Waals surface area (Å²) in [6.45, 7) is 0.579. The molecule has 0 saturated carbocycles. The van der Waals surface area contributed by atoms with Crippen LogP contribution in [0.5, 0.6) is 0 Å². The van der Waals surface area contributed by atoms with Gasteiger partial charge in [0.05, 0.1) is 45.9 Å². The van der Waals surface area contributed by atoms with Gasteiger partial charge in [0.2, 0.25) is 5.78 Å². The number of carbonyl (C=O) groups is 1. The third-order valence-corrected chi connectivity index (χ3v) is 7.03. The number of aromatic nitrogens is 2. The number of benzene rings is 1. The van der Waals surface area contributed by atoms with Crippen molar-refractivity contribution in [2.45, 2.75) is 12.8 Å². The Balaban J connectivity index is 1.77. The highest BCUT2D eigenvalue weighted by atomic mass is 127. The summed E-state index contributed by atoms with van der Waals surface area (Å²) in [5.74, 6) is -4.28. The van der Waals surface area contributed by atoms with Crippen molar-refractivity contribution < 1.29 is 26.4 Å². The molecule has 0 bridgehead atoms. The molecule has 0 unspecified atom stereocenters. The second kappa shape index (κ2) is 7.81. The molecule has 1 aliphatic rings. The number of ketones is 1. The number of rotatable bonds is 5. The van der Waals surface area contributed by atoms with E-state index >= 15 is 4.39 Å². The van der Waals surface area contributed by atoms with Gasteiger partial charge in [0.15, 0.2) is 5.82 Å². The zero-order valence-electron chi connectivity index (χ0n) is 15.2. The molecule has 30 heavy (non-hydrogen) atoms. The molecule has 1 aliphatic heterocycles. The molecule has 1 N–H and O–H groups in total. The molecule has 0 aliphatic carbocycles. The van der Waals surface area contributed by atoms with Crippen molar-refractivity contribution in [3.05, 3.63) is 59.2 Å². The van der Waals surface area contributed by atoms with Gasteiger partial charge in [0.25, 0.3) is 0 Å². The Labute approximate surface area is 183 Å². The molecule has 0 amide bonds. The summed E-state index contributed by atoms with van der Waals surface area (Å²) in [6.07, 6.45) is 3.60. The summed E-state index contributed by atoms with van der Waals surface area (Å²) in [7, 11) is -4.05. The first-order valence-electron chi connectivity index (χ1n) is 8.82. The largest absolute Gasteiger partial charge is 0.301 e. The molecule has 3 aromatic rings. The minimum atomic E-state index is -4.05. The Hall–Kier alpha value is -2.19. The van der Waals surface area contributed by atoms with Gasteiger partial charge in [-0.05, 0) is 31.0 Å². The molecule has 7 nitrogen and oxygen atoms in total. The van der Waals surface area contributed by atoms with Gasteiger partial charge in [0, 0.05) is 24.7 Å².